The predicted molar refractivity (Wildman–Crippen MR) is 62.2 cm³/mol. The Morgan fingerprint density at radius 2 is 2.27 bits per heavy atom. The van der Waals surface area contributed by atoms with E-state index in [-0.39, 0.29) is 10.2 Å². The van der Waals surface area contributed by atoms with Gasteiger partial charge in [0, 0.05) is 17.7 Å². The number of nitrogens with zero attached hydrogens (tertiary/aromatic N) is 1. The van der Waals surface area contributed by atoms with Crippen LogP contribution in [0.5, 0.6) is 0 Å². The Morgan fingerprint density at radius 3 is 2.80 bits per heavy atom. The molecule has 15 heavy (non-hydrogen) atoms. The highest BCUT2D eigenvalue weighted by Crippen LogP contribution is 2.33. The summed E-state index contributed by atoms with van der Waals surface area (Å²) in [5.74, 6) is 0.348. The smallest absolute Gasteiger partial charge is 0.258 e. The fourth-order valence-electron chi connectivity index (χ4n) is 0.925. The van der Waals surface area contributed by atoms with E-state index in [1.807, 2.05) is 0 Å². The van der Waals surface area contributed by atoms with Crippen molar-refractivity contribution in [2.24, 2.45) is 0 Å². The van der Waals surface area contributed by atoms with Crippen LogP contribution in [0.3, 0.4) is 0 Å². The number of benzene rings is 1. The molecule has 0 radical (unpaired) electrons. The van der Waals surface area contributed by atoms with Gasteiger partial charge in [-0.1, -0.05) is 0 Å². The molecule has 1 aromatic carbocycles. The van der Waals surface area contributed by atoms with E-state index in [9.17, 15) is 14.5 Å². The van der Waals surface area contributed by atoms with Gasteiger partial charge in [-0.3, -0.25) is 10.1 Å². The number of rotatable bonds is 4. The maximum absolute atomic E-state index is 13.1. The molecule has 0 spiro atoms. The van der Waals surface area contributed by atoms with Crippen molar-refractivity contribution in [3.05, 3.63) is 32.5 Å². The van der Waals surface area contributed by atoms with Crippen molar-refractivity contribution in [1.82, 2.24) is 0 Å². The largest absolute Gasteiger partial charge is 0.284 e. The summed E-state index contributed by atoms with van der Waals surface area (Å²) in [6, 6.07) is 2.30. The molecular formula is C8H6BrClFNO2S. The van der Waals surface area contributed by atoms with Crippen molar-refractivity contribution in [3.63, 3.8) is 0 Å². The highest BCUT2D eigenvalue weighted by Gasteiger charge is 2.17. The van der Waals surface area contributed by atoms with Gasteiger partial charge in [-0.2, -0.15) is 0 Å². The van der Waals surface area contributed by atoms with Gasteiger partial charge < -0.3 is 0 Å². The minimum Gasteiger partial charge on any atom is -0.258 e. The molecule has 0 aliphatic heterocycles. The minimum atomic E-state index is -0.541. The fourth-order valence-corrected chi connectivity index (χ4v) is 2.25. The van der Waals surface area contributed by atoms with Crippen molar-refractivity contribution < 1.29 is 9.31 Å². The summed E-state index contributed by atoms with van der Waals surface area (Å²) in [7, 11) is 0. The van der Waals surface area contributed by atoms with E-state index in [1.165, 1.54) is 0 Å². The molecular weight excluding hydrogens is 309 g/mol. The first-order valence-electron chi connectivity index (χ1n) is 3.88. The van der Waals surface area contributed by atoms with Crippen molar-refractivity contribution in [2.45, 2.75) is 4.90 Å². The molecule has 0 fully saturated rings. The number of thioether (sulfide) groups is 1. The lowest BCUT2D eigenvalue weighted by Crippen LogP contribution is -1.94. The van der Waals surface area contributed by atoms with E-state index < -0.39 is 10.7 Å². The predicted octanol–water partition coefficient (Wildman–Crippen LogP) is 3.83. The summed E-state index contributed by atoms with van der Waals surface area (Å²) in [6.45, 7) is 0. The second-order valence-corrected chi connectivity index (χ2v) is 4.90. The summed E-state index contributed by atoms with van der Waals surface area (Å²) in [5, 5.41) is 10.7. The van der Waals surface area contributed by atoms with Gasteiger partial charge in [0.2, 0.25) is 0 Å². The molecule has 0 saturated carbocycles. The molecule has 82 valence electrons. The summed E-state index contributed by atoms with van der Waals surface area (Å²) in [5.41, 5.74) is -0.113. The molecule has 0 aliphatic carbocycles. The third-order valence-corrected chi connectivity index (χ3v) is 3.60. The lowest BCUT2D eigenvalue weighted by molar-refractivity contribution is -0.387. The Hall–Kier alpha value is -0.330. The monoisotopic (exact) mass is 313 g/mol. The fraction of sp³-hybridized carbons (Fsp3) is 0.250. The van der Waals surface area contributed by atoms with E-state index in [4.69, 9.17) is 11.6 Å². The van der Waals surface area contributed by atoms with Gasteiger partial charge in [0.1, 0.15) is 5.82 Å². The second-order valence-electron chi connectivity index (χ2n) is 2.53. The van der Waals surface area contributed by atoms with Gasteiger partial charge in [-0.15, -0.1) is 23.4 Å². The normalized spacial score (nSPS) is 10.3. The van der Waals surface area contributed by atoms with Crippen LogP contribution in [0.15, 0.2) is 21.5 Å². The summed E-state index contributed by atoms with van der Waals surface area (Å²) < 4.78 is 13.2. The zero-order chi connectivity index (χ0) is 11.4. The molecule has 0 saturated heterocycles. The number of hydrogen-bond acceptors (Lipinski definition) is 3. The highest BCUT2D eigenvalue weighted by atomic mass is 79.9. The van der Waals surface area contributed by atoms with Crippen molar-refractivity contribution in [2.75, 3.05) is 11.6 Å². The highest BCUT2D eigenvalue weighted by molar-refractivity contribution is 9.10. The van der Waals surface area contributed by atoms with Gasteiger partial charge in [0.05, 0.1) is 14.3 Å². The lowest BCUT2D eigenvalue weighted by atomic mass is 10.3. The van der Waals surface area contributed by atoms with Crippen LogP contribution in [0.1, 0.15) is 0 Å². The lowest BCUT2D eigenvalue weighted by Gasteiger charge is -2.02. The standard InChI is InChI=1S/C8H6BrClFNO2S/c9-5-3-7(12(13)14)8(4-6(5)11)15-2-1-10/h3-4H,1-2H2. The van der Waals surface area contributed by atoms with Crippen LogP contribution in [-0.2, 0) is 0 Å². The maximum atomic E-state index is 13.1. The van der Waals surface area contributed by atoms with Gasteiger partial charge in [-0.25, -0.2) is 4.39 Å². The van der Waals surface area contributed by atoms with E-state index in [0.29, 0.717) is 16.5 Å². The van der Waals surface area contributed by atoms with Crippen molar-refractivity contribution in [1.29, 1.82) is 0 Å². The third kappa shape index (κ3) is 3.32. The second kappa shape index (κ2) is 5.67. The SMILES string of the molecule is O=[N+]([O-])c1cc(Br)c(F)cc1SCCCl. The van der Waals surface area contributed by atoms with E-state index >= 15 is 0 Å². The first-order valence-corrected chi connectivity index (χ1v) is 6.19. The Morgan fingerprint density at radius 1 is 1.60 bits per heavy atom. The van der Waals surface area contributed by atoms with Crippen LogP contribution < -0.4 is 0 Å². The quantitative estimate of drug-likeness (QED) is 0.367. The third-order valence-electron chi connectivity index (χ3n) is 1.53. The Balaban J connectivity index is 3.10. The number of nitro groups is 1. The summed E-state index contributed by atoms with van der Waals surface area (Å²) >= 11 is 9.53. The zero-order valence-electron chi connectivity index (χ0n) is 7.37. The van der Waals surface area contributed by atoms with Gasteiger partial charge >= 0.3 is 0 Å². The molecule has 7 heteroatoms. The first-order chi connectivity index (χ1) is 7.06. The van der Waals surface area contributed by atoms with Gasteiger partial charge in [0.25, 0.3) is 5.69 Å². The van der Waals surface area contributed by atoms with Crippen LogP contribution in [0.25, 0.3) is 0 Å². The molecule has 1 rings (SSSR count). The molecule has 3 nitrogen and oxygen atoms in total. The van der Waals surface area contributed by atoms with Crippen molar-refractivity contribution >= 4 is 45.0 Å². The number of halogens is 3. The topological polar surface area (TPSA) is 43.1 Å². The molecule has 0 unspecified atom stereocenters. The van der Waals surface area contributed by atoms with Gasteiger partial charge in [-0.05, 0) is 22.0 Å². The molecule has 1 aromatic rings. The summed E-state index contributed by atoms with van der Waals surface area (Å²) in [6.07, 6.45) is 0. The zero-order valence-corrected chi connectivity index (χ0v) is 10.5. The Kier molecular flexibility index (Phi) is 4.82. The number of hydrogen-bond donors (Lipinski definition) is 0. The van der Waals surface area contributed by atoms with E-state index in [1.54, 1.807) is 0 Å². The van der Waals surface area contributed by atoms with Crippen LogP contribution in [0.4, 0.5) is 10.1 Å². The average molecular weight is 315 g/mol. The van der Waals surface area contributed by atoms with Gasteiger partial charge in [0.15, 0.2) is 0 Å². The summed E-state index contributed by atoms with van der Waals surface area (Å²) in [4.78, 5) is 10.4. The molecule has 0 aliphatic rings. The van der Waals surface area contributed by atoms with Crippen molar-refractivity contribution in [3.8, 4) is 0 Å². The Labute approximate surface area is 103 Å². The molecule has 0 amide bonds. The minimum absolute atomic E-state index is 0.0874. The van der Waals surface area contributed by atoms with Crippen LogP contribution in [0.2, 0.25) is 0 Å². The number of nitro benzene ring substituents is 1. The van der Waals surface area contributed by atoms with E-state index in [2.05, 4.69) is 15.9 Å². The molecule has 0 atom stereocenters. The average Bonchev–Trinajstić information content (AvgIpc) is 2.19. The van der Waals surface area contributed by atoms with E-state index in [0.717, 1.165) is 23.9 Å². The van der Waals surface area contributed by atoms with Crippen LogP contribution in [-0.4, -0.2) is 16.6 Å². The maximum Gasteiger partial charge on any atom is 0.284 e. The molecule has 0 bridgehead atoms. The Bertz CT molecular complexity index is 391. The molecule has 0 heterocycles. The molecule has 0 aromatic heterocycles. The van der Waals surface area contributed by atoms with Crippen LogP contribution >= 0.6 is 39.3 Å². The molecule has 0 N–H and O–H groups in total. The number of alkyl halides is 1. The first kappa shape index (κ1) is 12.7. The van der Waals surface area contributed by atoms with Crippen LogP contribution in [0, 0.1) is 15.9 Å².